The molecule has 4 rings (SSSR count). The molecule has 0 N–H and O–H groups in total. The number of benzene rings is 1. The van der Waals surface area contributed by atoms with Crippen LogP contribution in [0.5, 0.6) is 0 Å². The molecule has 1 saturated heterocycles. The molecule has 0 atom stereocenters. The molecule has 0 amide bonds. The molecule has 1 aromatic carbocycles. The Morgan fingerprint density at radius 3 is 2.66 bits per heavy atom. The molecule has 7 nitrogen and oxygen atoms in total. The van der Waals surface area contributed by atoms with Gasteiger partial charge in [0.15, 0.2) is 11.0 Å². The third-order valence-corrected chi connectivity index (χ3v) is 8.53. The molecule has 0 radical (unpaired) electrons. The van der Waals surface area contributed by atoms with Gasteiger partial charge in [0.05, 0.1) is 18.1 Å². The number of rotatable bonds is 7. The summed E-state index contributed by atoms with van der Waals surface area (Å²) in [5.41, 5.74) is 0.807. The van der Waals surface area contributed by atoms with Gasteiger partial charge in [0.25, 0.3) is 0 Å². The standard InChI is InChI=1S/C20H28N4O3S2/c1-2-14-28-20-22-21-19(24(20)17-7-3-4-8-17)16-6-5-9-18(15-16)29(25,26)23-10-12-27-13-11-23/h5-6,9,15,17H,2-4,7-8,10-14H2,1H3. The zero-order valence-corrected chi connectivity index (χ0v) is 18.4. The average Bonchev–Trinajstić information content (AvgIpc) is 3.42. The summed E-state index contributed by atoms with van der Waals surface area (Å²) in [4.78, 5) is 0.306. The minimum Gasteiger partial charge on any atom is -0.379 e. The van der Waals surface area contributed by atoms with Crippen LogP contribution in [0.4, 0.5) is 0 Å². The van der Waals surface area contributed by atoms with Crippen molar-refractivity contribution >= 4 is 21.8 Å². The van der Waals surface area contributed by atoms with Crippen LogP contribution in [0.15, 0.2) is 34.3 Å². The predicted molar refractivity (Wildman–Crippen MR) is 114 cm³/mol. The molecule has 2 fully saturated rings. The van der Waals surface area contributed by atoms with Crippen LogP contribution in [0.1, 0.15) is 45.1 Å². The molecular weight excluding hydrogens is 408 g/mol. The number of hydrogen-bond donors (Lipinski definition) is 0. The molecular formula is C20H28N4O3S2. The first-order chi connectivity index (χ1) is 14.1. The summed E-state index contributed by atoms with van der Waals surface area (Å²) in [6, 6.07) is 7.53. The van der Waals surface area contributed by atoms with Crippen LogP contribution in [0.25, 0.3) is 11.4 Å². The van der Waals surface area contributed by atoms with Crippen LogP contribution in [0.2, 0.25) is 0 Å². The topological polar surface area (TPSA) is 77.3 Å². The molecule has 9 heteroatoms. The van der Waals surface area contributed by atoms with Gasteiger partial charge >= 0.3 is 0 Å². The summed E-state index contributed by atoms with van der Waals surface area (Å²) < 4.78 is 35.2. The molecule has 0 bridgehead atoms. The van der Waals surface area contributed by atoms with Gasteiger partial charge in [-0.2, -0.15) is 4.31 Å². The van der Waals surface area contributed by atoms with E-state index in [0.717, 1.165) is 41.6 Å². The minimum absolute atomic E-state index is 0.306. The highest BCUT2D eigenvalue weighted by Crippen LogP contribution is 2.37. The van der Waals surface area contributed by atoms with Crippen molar-refractivity contribution in [3.63, 3.8) is 0 Å². The summed E-state index contributed by atoms with van der Waals surface area (Å²) in [6.07, 6.45) is 5.75. The van der Waals surface area contributed by atoms with Gasteiger partial charge in [-0.15, -0.1) is 10.2 Å². The van der Waals surface area contributed by atoms with Crippen LogP contribution in [-0.4, -0.2) is 59.5 Å². The normalized spacial score (nSPS) is 19.1. The highest BCUT2D eigenvalue weighted by Gasteiger charge is 2.28. The lowest BCUT2D eigenvalue weighted by Gasteiger charge is -2.26. The lowest BCUT2D eigenvalue weighted by Crippen LogP contribution is -2.40. The highest BCUT2D eigenvalue weighted by atomic mass is 32.2. The minimum atomic E-state index is -3.54. The first kappa shape index (κ1) is 20.8. The fourth-order valence-electron chi connectivity index (χ4n) is 3.99. The van der Waals surface area contributed by atoms with Crippen LogP contribution in [0.3, 0.4) is 0 Å². The van der Waals surface area contributed by atoms with Gasteiger partial charge in [0.2, 0.25) is 10.0 Å². The van der Waals surface area contributed by atoms with Gasteiger partial charge in [-0.1, -0.05) is 43.7 Å². The van der Waals surface area contributed by atoms with Gasteiger partial charge in [-0.05, 0) is 31.4 Å². The smallest absolute Gasteiger partial charge is 0.243 e. The number of morpholine rings is 1. The fraction of sp³-hybridized carbons (Fsp3) is 0.600. The second kappa shape index (κ2) is 9.16. The van der Waals surface area contributed by atoms with E-state index in [2.05, 4.69) is 21.7 Å². The van der Waals surface area contributed by atoms with E-state index in [1.165, 1.54) is 17.1 Å². The van der Waals surface area contributed by atoms with Crippen LogP contribution >= 0.6 is 11.8 Å². The van der Waals surface area contributed by atoms with E-state index in [-0.39, 0.29) is 0 Å². The van der Waals surface area contributed by atoms with Crippen molar-refractivity contribution < 1.29 is 13.2 Å². The molecule has 1 saturated carbocycles. The van der Waals surface area contributed by atoms with Crippen molar-refractivity contribution in [2.75, 3.05) is 32.1 Å². The Hall–Kier alpha value is -1.42. The fourth-order valence-corrected chi connectivity index (χ4v) is 6.30. The Kier molecular flexibility index (Phi) is 6.58. The van der Waals surface area contributed by atoms with Crippen molar-refractivity contribution in [3.05, 3.63) is 24.3 Å². The van der Waals surface area contributed by atoms with Gasteiger partial charge in [-0.3, -0.25) is 4.57 Å². The summed E-state index contributed by atoms with van der Waals surface area (Å²) in [5, 5.41) is 9.88. The van der Waals surface area contributed by atoms with Crippen molar-refractivity contribution in [1.29, 1.82) is 0 Å². The quantitative estimate of drug-likeness (QED) is 0.618. The van der Waals surface area contributed by atoms with E-state index in [1.807, 2.05) is 6.07 Å². The predicted octanol–water partition coefficient (Wildman–Crippen LogP) is 3.58. The number of nitrogens with zero attached hydrogens (tertiary/aromatic N) is 4. The summed E-state index contributed by atoms with van der Waals surface area (Å²) in [7, 11) is -3.54. The molecule has 0 spiro atoms. The number of ether oxygens (including phenoxy) is 1. The maximum absolute atomic E-state index is 13.1. The van der Waals surface area contributed by atoms with Gasteiger partial charge in [0.1, 0.15) is 0 Å². The average molecular weight is 437 g/mol. The van der Waals surface area contributed by atoms with E-state index in [4.69, 9.17) is 4.74 Å². The Labute approximate surface area is 176 Å². The molecule has 2 heterocycles. The van der Waals surface area contributed by atoms with Crippen molar-refractivity contribution in [1.82, 2.24) is 19.1 Å². The largest absolute Gasteiger partial charge is 0.379 e. The van der Waals surface area contributed by atoms with Crippen molar-refractivity contribution in [2.45, 2.75) is 55.1 Å². The molecule has 2 aromatic rings. The molecule has 2 aliphatic rings. The number of aromatic nitrogens is 3. The van der Waals surface area contributed by atoms with E-state index < -0.39 is 10.0 Å². The van der Waals surface area contributed by atoms with Gasteiger partial charge in [0, 0.05) is 30.4 Å². The summed E-state index contributed by atoms with van der Waals surface area (Å²) in [5.74, 6) is 1.77. The monoisotopic (exact) mass is 436 g/mol. The molecule has 0 unspecified atom stereocenters. The van der Waals surface area contributed by atoms with E-state index in [9.17, 15) is 8.42 Å². The molecule has 1 aliphatic heterocycles. The Morgan fingerprint density at radius 2 is 1.93 bits per heavy atom. The zero-order chi connectivity index (χ0) is 20.3. The van der Waals surface area contributed by atoms with Crippen LogP contribution < -0.4 is 0 Å². The molecule has 29 heavy (non-hydrogen) atoms. The van der Waals surface area contributed by atoms with E-state index >= 15 is 0 Å². The maximum atomic E-state index is 13.1. The zero-order valence-electron chi connectivity index (χ0n) is 16.8. The van der Waals surface area contributed by atoms with Crippen LogP contribution in [-0.2, 0) is 14.8 Å². The van der Waals surface area contributed by atoms with E-state index in [1.54, 1.807) is 30.0 Å². The second-order valence-electron chi connectivity index (χ2n) is 7.51. The van der Waals surface area contributed by atoms with Crippen molar-refractivity contribution in [3.8, 4) is 11.4 Å². The maximum Gasteiger partial charge on any atom is 0.243 e. The number of thioether (sulfide) groups is 1. The van der Waals surface area contributed by atoms with E-state index in [0.29, 0.717) is 37.2 Å². The van der Waals surface area contributed by atoms with Crippen molar-refractivity contribution in [2.24, 2.45) is 0 Å². The Balaban J connectivity index is 1.70. The Morgan fingerprint density at radius 1 is 1.17 bits per heavy atom. The second-order valence-corrected chi connectivity index (χ2v) is 10.5. The molecule has 1 aliphatic carbocycles. The van der Waals surface area contributed by atoms with Crippen LogP contribution in [0, 0.1) is 0 Å². The van der Waals surface area contributed by atoms with Gasteiger partial charge in [-0.25, -0.2) is 8.42 Å². The highest BCUT2D eigenvalue weighted by molar-refractivity contribution is 7.99. The summed E-state index contributed by atoms with van der Waals surface area (Å²) in [6.45, 7) is 3.81. The number of hydrogen-bond acceptors (Lipinski definition) is 6. The third-order valence-electron chi connectivity index (χ3n) is 5.49. The first-order valence-corrected chi connectivity index (χ1v) is 12.8. The first-order valence-electron chi connectivity index (χ1n) is 10.4. The third kappa shape index (κ3) is 4.38. The summed E-state index contributed by atoms with van der Waals surface area (Å²) >= 11 is 1.73. The lowest BCUT2D eigenvalue weighted by molar-refractivity contribution is 0.0730. The molecule has 1 aromatic heterocycles. The molecule has 158 valence electrons. The Bertz CT molecular complexity index is 933. The lowest BCUT2D eigenvalue weighted by atomic mass is 10.2. The SMILES string of the molecule is CCCSc1nnc(-c2cccc(S(=O)(=O)N3CCOCC3)c2)n1C1CCCC1. The van der Waals surface area contributed by atoms with Gasteiger partial charge < -0.3 is 4.74 Å². The number of sulfonamides is 1.